The average Bonchev–Trinajstić information content (AvgIpc) is 3.19. The molecule has 0 bridgehead atoms. The standard InChI is InChI=1S/C21H23ClN4O2/c1-14-19(20(24-28-14)15-8-5-6-9-16(15)22)21(27)26-12-7-3-4-10-18(26)17-11-13-25(2)23-17/h5-6,8-9,11,13,18H,3-4,7,10,12H2,1-2H3/t18-/m0/s1. The molecule has 1 fully saturated rings. The lowest BCUT2D eigenvalue weighted by Gasteiger charge is -2.29. The average molecular weight is 399 g/mol. The van der Waals surface area contributed by atoms with E-state index < -0.39 is 0 Å². The van der Waals surface area contributed by atoms with Gasteiger partial charge in [-0.1, -0.05) is 47.8 Å². The van der Waals surface area contributed by atoms with Crippen LogP contribution in [0.15, 0.2) is 41.1 Å². The predicted molar refractivity (Wildman–Crippen MR) is 107 cm³/mol. The highest BCUT2D eigenvalue weighted by Gasteiger charge is 2.33. The molecule has 1 saturated heterocycles. The maximum Gasteiger partial charge on any atom is 0.260 e. The second-order valence-corrected chi connectivity index (χ2v) is 7.63. The van der Waals surface area contributed by atoms with E-state index in [9.17, 15) is 4.79 Å². The summed E-state index contributed by atoms with van der Waals surface area (Å²) in [5, 5.41) is 9.27. The molecule has 0 N–H and O–H groups in total. The minimum absolute atomic E-state index is 0.0513. The van der Waals surface area contributed by atoms with Crippen LogP contribution in [0.4, 0.5) is 0 Å². The fourth-order valence-corrected chi connectivity index (χ4v) is 4.10. The molecule has 3 heterocycles. The third-order valence-corrected chi connectivity index (χ3v) is 5.62. The van der Waals surface area contributed by atoms with Gasteiger partial charge < -0.3 is 9.42 Å². The molecule has 0 unspecified atom stereocenters. The Bertz CT molecular complexity index is 994. The summed E-state index contributed by atoms with van der Waals surface area (Å²) in [5.41, 5.74) is 2.60. The van der Waals surface area contributed by atoms with Crippen LogP contribution in [0.2, 0.25) is 5.02 Å². The van der Waals surface area contributed by atoms with Crippen LogP contribution in [0.5, 0.6) is 0 Å². The number of hydrogen-bond acceptors (Lipinski definition) is 4. The zero-order valence-electron chi connectivity index (χ0n) is 16.1. The molecule has 146 valence electrons. The van der Waals surface area contributed by atoms with Crippen LogP contribution >= 0.6 is 11.6 Å². The van der Waals surface area contributed by atoms with Gasteiger partial charge in [0.05, 0.1) is 16.8 Å². The van der Waals surface area contributed by atoms with Gasteiger partial charge in [0, 0.05) is 25.4 Å². The number of benzene rings is 1. The predicted octanol–water partition coefficient (Wildman–Crippen LogP) is 4.79. The van der Waals surface area contributed by atoms with Crippen LogP contribution < -0.4 is 0 Å². The number of aromatic nitrogens is 3. The SMILES string of the molecule is Cc1onc(-c2ccccc2Cl)c1C(=O)N1CCCCC[C@H]1c1ccn(C)n1. The summed E-state index contributed by atoms with van der Waals surface area (Å²) in [5.74, 6) is 0.426. The molecule has 0 spiro atoms. The maximum atomic E-state index is 13.7. The molecule has 1 amide bonds. The minimum Gasteiger partial charge on any atom is -0.360 e. The molecule has 0 saturated carbocycles. The Hall–Kier alpha value is -2.60. The summed E-state index contributed by atoms with van der Waals surface area (Å²) < 4.78 is 7.20. The molecule has 0 radical (unpaired) electrons. The summed E-state index contributed by atoms with van der Waals surface area (Å²) in [7, 11) is 1.89. The van der Waals surface area contributed by atoms with Gasteiger partial charge in [-0.25, -0.2) is 0 Å². The normalized spacial score (nSPS) is 17.5. The molecule has 6 nitrogen and oxygen atoms in total. The molecule has 1 aliphatic rings. The van der Waals surface area contributed by atoms with Gasteiger partial charge in [0.25, 0.3) is 5.91 Å². The summed E-state index contributed by atoms with van der Waals surface area (Å²) in [6.45, 7) is 2.46. The molecule has 2 aromatic heterocycles. The first kappa shape index (κ1) is 18.7. The van der Waals surface area contributed by atoms with E-state index in [-0.39, 0.29) is 11.9 Å². The van der Waals surface area contributed by atoms with Crippen LogP contribution in [0, 0.1) is 6.92 Å². The van der Waals surface area contributed by atoms with Crippen molar-refractivity contribution in [3.8, 4) is 11.3 Å². The second kappa shape index (κ2) is 7.80. The first-order valence-corrected chi connectivity index (χ1v) is 9.95. The van der Waals surface area contributed by atoms with Crippen molar-refractivity contribution in [1.82, 2.24) is 19.8 Å². The number of amides is 1. The molecule has 3 aromatic rings. The van der Waals surface area contributed by atoms with Crippen LogP contribution in [0.3, 0.4) is 0 Å². The summed E-state index contributed by atoms with van der Waals surface area (Å²) in [4.78, 5) is 15.6. The number of aryl methyl sites for hydroxylation is 2. The highest BCUT2D eigenvalue weighted by Crippen LogP contribution is 2.35. The fraction of sp³-hybridized carbons (Fsp3) is 0.381. The van der Waals surface area contributed by atoms with Crippen molar-refractivity contribution in [2.45, 2.75) is 38.6 Å². The topological polar surface area (TPSA) is 64.2 Å². The van der Waals surface area contributed by atoms with Gasteiger partial charge in [0.15, 0.2) is 0 Å². The first-order valence-electron chi connectivity index (χ1n) is 9.58. The smallest absolute Gasteiger partial charge is 0.260 e. The number of rotatable bonds is 3. The van der Waals surface area contributed by atoms with Crippen molar-refractivity contribution < 1.29 is 9.32 Å². The second-order valence-electron chi connectivity index (χ2n) is 7.22. The van der Waals surface area contributed by atoms with Crippen molar-refractivity contribution in [1.29, 1.82) is 0 Å². The van der Waals surface area contributed by atoms with E-state index in [0.29, 0.717) is 34.1 Å². The summed E-state index contributed by atoms with van der Waals surface area (Å²) in [6, 6.07) is 9.32. The lowest BCUT2D eigenvalue weighted by atomic mass is 10.0. The molecule has 7 heteroatoms. The third kappa shape index (κ3) is 3.44. The molecule has 4 rings (SSSR count). The fourth-order valence-electron chi connectivity index (χ4n) is 3.87. The van der Waals surface area contributed by atoms with Gasteiger partial charge in [0.2, 0.25) is 0 Å². The number of likely N-dealkylation sites (tertiary alicyclic amines) is 1. The molecule has 28 heavy (non-hydrogen) atoms. The highest BCUT2D eigenvalue weighted by atomic mass is 35.5. The third-order valence-electron chi connectivity index (χ3n) is 5.29. The largest absolute Gasteiger partial charge is 0.360 e. The number of hydrogen-bond donors (Lipinski definition) is 0. The number of nitrogens with zero attached hydrogens (tertiary/aromatic N) is 4. The Morgan fingerprint density at radius 3 is 2.79 bits per heavy atom. The first-order chi connectivity index (χ1) is 13.6. The summed E-state index contributed by atoms with van der Waals surface area (Å²) >= 11 is 6.36. The van der Waals surface area contributed by atoms with E-state index in [4.69, 9.17) is 16.1 Å². The lowest BCUT2D eigenvalue weighted by molar-refractivity contribution is 0.0675. The van der Waals surface area contributed by atoms with E-state index in [2.05, 4.69) is 10.3 Å². The van der Waals surface area contributed by atoms with Crippen LogP contribution in [0.1, 0.15) is 53.5 Å². The quantitative estimate of drug-likeness (QED) is 0.636. The van der Waals surface area contributed by atoms with Crippen molar-refractivity contribution in [3.05, 3.63) is 58.6 Å². The van der Waals surface area contributed by atoms with Gasteiger partial charge in [-0.05, 0) is 31.9 Å². The molecule has 1 aromatic carbocycles. The Morgan fingerprint density at radius 2 is 2.04 bits per heavy atom. The molecule has 1 aliphatic heterocycles. The zero-order chi connectivity index (χ0) is 19.7. The number of carbonyl (C=O) groups is 1. The summed E-state index contributed by atoms with van der Waals surface area (Å²) in [6.07, 6.45) is 5.97. The Kier molecular flexibility index (Phi) is 5.22. The van der Waals surface area contributed by atoms with Crippen molar-refractivity contribution in [2.75, 3.05) is 6.54 Å². The molecular weight excluding hydrogens is 376 g/mol. The van der Waals surface area contributed by atoms with E-state index in [1.165, 1.54) is 0 Å². The van der Waals surface area contributed by atoms with Crippen LogP contribution in [-0.2, 0) is 7.05 Å². The van der Waals surface area contributed by atoms with Gasteiger partial charge in [0.1, 0.15) is 17.0 Å². The van der Waals surface area contributed by atoms with E-state index in [1.54, 1.807) is 17.7 Å². The van der Waals surface area contributed by atoms with Gasteiger partial charge in [-0.3, -0.25) is 9.48 Å². The van der Waals surface area contributed by atoms with E-state index >= 15 is 0 Å². The molecule has 0 aliphatic carbocycles. The van der Waals surface area contributed by atoms with E-state index in [1.807, 2.05) is 42.4 Å². The number of carbonyl (C=O) groups excluding carboxylic acids is 1. The number of halogens is 1. The van der Waals surface area contributed by atoms with Gasteiger partial charge in [-0.2, -0.15) is 5.10 Å². The van der Waals surface area contributed by atoms with Gasteiger partial charge >= 0.3 is 0 Å². The monoisotopic (exact) mass is 398 g/mol. The Morgan fingerprint density at radius 1 is 1.21 bits per heavy atom. The van der Waals surface area contributed by atoms with Crippen molar-refractivity contribution in [3.63, 3.8) is 0 Å². The highest BCUT2D eigenvalue weighted by molar-refractivity contribution is 6.33. The Labute approximate surface area is 169 Å². The van der Waals surface area contributed by atoms with Crippen LogP contribution in [-0.4, -0.2) is 32.3 Å². The van der Waals surface area contributed by atoms with Crippen LogP contribution in [0.25, 0.3) is 11.3 Å². The zero-order valence-corrected chi connectivity index (χ0v) is 16.8. The molecule has 1 atom stereocenters. The maximum absolute atomic E-state index is 13.7. The Balaban J connectivity index is 1.75. The molecular formula is C21H23ClN4O2. The minimum atomic E-state index is -0.0776. The van der Waals surface area contributed by atoms with Crippen molar-refractivity contribution in [2.24, 2.45) is 7.05 Å². The van der Waals surface area contributed by atoms with E-state index in [0.717, 1.165) is 31.4 Å². The lowest BCUT2D eigenvalue weighted by Crippen LogP contribution is -2.35. The van der Waals surface area contributed by atoms with Crippen molar-refractivity contribution >= 4 is 17.5 Å². The van der Waals surface area contributed by atoms with Gasteiger partial charge in [-0.15, -0.1) is 0 Å².